The lowest BCUT2D eigenvalue weighted by Crippen LogP contribution is -2.48. The first-order chi connectivity index (χ1) is 23.1. The van der Waals surface area contributed by atoms with Gasteiger partial charge in [-0.1, -0.05) is 26.2 Å². The summed E-state index contributed by atoms with van der Waals surface area (Å²) in [5, 5.41) is 15.9. The zero-order valence-electron chi connectivity index (χ0n) is 29.2. The standard InChI is InChI=1S/C37H54N4O7/c1-25-22-41(26(2)24-42)36(44)32-21-30(39-37(45)38-29-14-17-31(46-5)18-15-29)16-19-33(32)48-27(3)11-9-10-20-47-34(25)23-40(4)35(43)28-12-7-6-8-13-28/h14-19,21,25-28,34,42H,6-13,20,22-24H2,1-5H3,(H2,38,39,45)/t25-,26+,27+,34+/m0/s1. The highest BCUT2D eigenvalue weighted by atomic mass is 16.5. The van der Waals surface area contributed by atoms with Crippen LogP contribution in [0, 0.1) is 11.8 Å². The number of amides is 4. The number of fused-ring (bicyclic) bond motifs is 1. The number of carbonyl (C=O) groups excluding carboxylic acids is 3. The third-order valence-electron chi connectivity index (χ3n) is 9.44. The Morgan fingerprint density at radius 3 is 2.35 bits per heavy atom. The summed E-state index contributed by atoms with van der Waals surface area (Å²) < 4.78 is 17.9. The Bertz CT molecular complexity index is 1350. The van der Waals surface area contributed by atoms with E-state index in [0.717, 1.165) is 44.9 Å². The highest BCUT2D eigenvalue weighted by Gasteiger charge is 2.32. The van der Waals surface area contributed by atoms with Crippen molar-refractivity contribution in [1.82, 2.24) is 9.80 Å². The largest absolute Gasteiger partial charge is 0.497 e. The number of aliphatic hydroxyl groups is 1. The predicted molar refractivity (Wildman–Crippen MR) is 187 cm³/mol. The van der Waals surface area contributed by atoms with Crippen molar-refractivity contribution in [3.05, 3.63) is 48.0 Å². The molecule has 1 saturated carbocycles. The van der Waals surface area contributed by atoms with Gasteiger partial charge in [-0.2, -0.15) is 0 Å². The van der Waals surface area contributed by atoms with Crippen LogP contribution in [-0.4, -0.2) is 91.5 Å². The third kappa shape index (κ3) is 10.3. The minimum Gasteiger partial charge on any atom is -0.497 e. The van der Waals surface area contributed by atoms with Crippen LogP contribution in [0.1, 0.15) is 82.5 Å². The first-order valence-electron chi connectivity index (χ1n) is 17.4. The maximum atomic E-state index is 14.4. The lowest BCUT2D eigenvalue weighted by Gasteiger charge is -2.36. The van der Waals surface area contributed by atoms with E-state index in [9.17, 15) is 19.5 Å². The molecule has 1 aliphatic carbocycles. The van der Waals surface area contributed by atoms with Crippen LogP contribution in [0.2, 0.25) is 0 Å². The molecule has 0 bridgehead atoms. The van der Waals surface area contributed by atoms with Crippen LogP contribution >= 0.6 is 0 Å². The van der Waals surface area contributed by atoms with E-state index in [1.54, 1.807) is 61.4 Å². The van der Waals surface area contributed by atoms with Crippen LogP contribution in [0.5, 0.6) is 11.5 Å². The van der Waals surface area contributed by atoms with Crippen molar-refractivity contribution < 1.29 is 33.7 Å². The molecule has 0 unspecified atom stereocenters. The van der Waals surface area contributed by atoms with Gasteiger partial charge in [0.15, 0.2) is 0 Å². The quantitative estimate of drug-likeness (QED) is 0.307. The molecule has 0 saturated heterocycles. The molecule has 3 N–H and O–H groups in total. The van der Waals surface area contributed by atoms with Gasteiger partial charge in [0, 0.05) is 50.0 Å². The first-order valence-corrected chi connectivity index (χ1v) is 17.4. The molecule has 0 radical (unpaired) electrons. The molecule has 4 atom stereocenters. The molecule has 4 amide bonds. The van der Waals surface area contributed by atoms with Gasteiger partial charge < -0.3 is 39.8 Å². The number of nitrogens with one attached hydrogen (secondary N) is 2. The molecule has 0 aromatic heterocycles. The summed E-state index contributed by atoms with van der Waals surface area (Å²) in [6.07, 6.45) is 7.23. The fourth-order valence-corrected chi connectivity index (χ4v) is 6.45. The summed E-state index contributed by atoms with van der Waals surface area (Å²) in [5.74, 6) is 0.842. The third-order valence-corrected chi connectivity index (χ3v) is 9.44. The minimum absolute atomic E-state index is 0.0594. The van der Waals surface area contributed by atoms with Gasteiger partial charge in [-0.05, 0) is 88.4 Å². The second-order valence-electron chi connectivity index (χ2n) is 13.4. The summed E-state index contributed by atoms with van der Waals surface area (Å²) in [5.41, 5.74) is 1.29. The summed E-state index contributed by atoms with van der Waals surface area (Å²) in [4.78, 5) is 44.1. The summed E-state index contributed by atoms with van der Waals surface area (Å²) in [6.45, 7) is 6.83. The van der Waals surface area contributed by atoms with Gasteiger partial charge in [0.05, 0.1) is 37.5 Å². The predicted octanol–water partition coefficient (Wildman–Crippen LogP) is 6.17. The summed E-state index contributed by atoms with van der Waals surface area (Å²) in [6, 6.07) is 11.0. The Labute approximate surface area is 285 Å². The minimum atomic E-state index is -0.504. The fourth-order valence-electron chi connectivity index (χ4n) is 6.45. The molecule has 264 valence electrons. The number of anilines is 2. The highest BCUT2D eigenvalue weighted by Crippen LogP contribution is 2.29. The van der Waals surface area contributed by atoms with E-state index < -0.39 is 12.1 Å². The van der Waals surface area contributed by atoms with Crippen molar-refractivity contribution in [2.24, 2.45) is 11.8 Å². The number of hydrogen-bond acceptors (Lipinski definition) is 7. The molecule has 48 heavy (non-hydrogen) atoms. The van der Waals surface area contributed by atoms with E-state index >= 15 is 0 Å². The highest BCUT2D eigenvalue weighted by molar-refractivity contribution is 6.02. The zero-order valence-corrected chi connectivity index (χ0v) is 29.2. The van der Waals surface area contributed by atoms with Gasteiger partial charge in [0.2, 0.25) is 5.91 Å². The second kappa shape index (κ2) is 18.1. The normalized spacial score (nSPS) is 22.0. The molecule has 4 rings (SSSR count). The van der Waals surface area contributed by atoms with E-state index in [-0.39, 0.29) is 48.0 Å². The Balaban J connectivity index is 1.57. The van der Waals surface area contributed by atoms with Gasteiger partial charge in [-0.15, -0.1) is 0 Å². The topological polar surface area (TPSA) is 130 Å². The van der Waals surface area contributed by atoms with E-state index in [2.05, 4.69) is 10.6 Å². The van der Waals surface area contributed by atoms with Crippen molar-refractivity contribution in [2.75, 3.05) is 51.1 Å². The molecule has 1 fully saturated rings. The smallest absolute Gasteiger partial charge is 0.323 e. The molecule has 1 aliphatic heterocycles. The summed E-state index contributed by atoms with van der Waals surface area (Å²) >= 11 is 0. The number of rotatable bonds is 8. The number of carbonyl (C=O) groups is 3. The molecular weight excluding hydrogens is 612 g/mol. The van der Waals surface area contributed by atoms with E-state index in [0.29, 0.717) is 42.6 Å². The van der Waals surface area contributed by atoms with Crippen molar-refractivity contribution in [2.45, 2.75) is 90.4 Å². The van der Waals surface area contributed by atoms with Crippen molar-refractivity contribution in [1.29, 1.82) is 0 Å². The average Bonchev–Trinajstić information content (AvgIpc) is 3.09. The first kappa shape index (κ1) is 37.0. The number of methoxy groups -OCH3 is 1. The lowest BCUT2D eigenvalue weighted by molar-refractivity contribution is -0.137. The van der Waals surface area contributed by atoms with Crippen LogP contribution in [0.15, 0.2) is 42.5 Å². The number of nitrogens with zero attached hydrogens (tertiary/aromatic N) is 2. The number of likely N-dealkylation sites (N-methyl/N-ethyl adjacent to an activating group) is 1. The number of benzene rings is 2. The van der Waals surface area contributed by atoms with Crippen LogP contribution in [0.3, 0.4) is 0 Å². The van der Waals surface area contributed by atoms with E-state index in [4.69, 9.17) is 14.2 Å². The Morgan fingerprint density at radius 1 is 1.00 bits per heavy atom. The van der Waals surface area contributed by atoms with E-state index in [1.807, 2.05) is 25.8 Å². The van der Waals surface area contributed by atoms with E-state index in [1.165, 1.54) is 6.42 Å². The van der Waals surface area contributed by atoms with Crippen molar-refractivity contribution in [3.63, 3.8) is 0 Å². The van der Waals surface area contributed by atoms with Crippen LogP contribution in [-0.2, 0) is 9.53 Å². The monoisotopic (exact) mass is 666 g/mol. The van der Waals surface area contributed by atoms with Crippen molar-refractivity contribution >= 4 is 29.2 Å². The van der Waals surface area contributed by atoms with Crippen LogP contribution in [0.4, 0.5) is 16.2 Å². The second-order valence-corrected chi connectivity index (χ2v) is 13.4. The Kier molecular flexibility index (Phi) is 13.9. The van der Waals surface area contributed by atoms with Gasteiger partial charge in [-0.25, -0.2) is 4.79 Å². The molecular formula is C37H54N4O7. The van der Waals surface area contributed by atoms with Gasteiger partial charge in [0.1, 0.15) is 11.5 Å². The molecule has 1 heterocycles. The van der Waals surface area contributed by atoms with Gasteiger partial charge in [0.25, 0.3) is 5.91 Å². The average molecular weight is 667 g/mol. The maximum Gasteiger partial charge on any atom is 0.323 e. The van der Waals surface area contributed by atoms with Crippen LogP contribution < -0.4 is 20.1 Å². The van der Waals surface area contributed by atoms with Gasteiger partial charge in [-0.3, -0.25) is 9.59 Å². The summed E-state index contributed by atoms with van der Waals surface area (Å²) in [7, 11) is 3.43. The van der Waals surface area contributed by atoms with Crippen LogP contribution in [0.25, 0.3) is 0 Å². The number of hydrogen-bond donors (Lipinski definition) is 3. The number of aliphatic hydroxyl groups excluding tert-OH is 1. The molecule has 2 aromatic rings. The molecule has 11 nitrogen and oxygen atoms in total. The zero-order chi connectivity index (χ0) is 34.6. The Hall–Kier alpha value is -3.83. The number of urea groups is 1. The molecule has 11 heteroatoms. The molecule has 0 spiro atoms. The fraction of sp³-hybridized carbons (Fsp3) is 0.595. The molecule has 2 aliphatic rings. The molecule has 2 aromatic carbocycles. The van der Waals surface area contributed by atoms with Gasteiger partial charge >= 0.3 is 6.03 Å². The van der Waals surface area contributed by atoms with Crippen molar-refractivity contribution in [3.8, 4) is 11.5 Å². The Morgan fingerprint density at radius 2 is 1.67 bits per heavy atom. The maximum absolute atomic E-state index is 14.4. The number of ether oxygens (including phenoxy) is 3. The SMILES string of the molecule is COc1ccc(NC(=O)Nc2ccc3c(c2)C(=O)N([C@H](C)CO)C[C@H](C)[C@@H](CN(C)C(=O)C2CCCCC2)OCCCC[C@@H](C)O3)cc1. The lowest BCUT2D eigenvalue weighted by atomic mass is 9.88.